The predicted octanol–water partition coefficient (Wildman–Crippen LogP) is 2.43. The molecule has 1 aliphatic carbocycles. The molecule has 0 spiro atoms. The summed E-state index contributed by atoms with van der Waals surface area (Å²) in [6.07, 6.45) is 4.40. The van der Waals surface area contributed by atoms with Gasteiger partial charge in [-0.3, -0.25) is 0 Å². The van der Waals surface area contributed by atoms with E-state index < -0.39 is 0 Å². The summed E-state index contributed by atoms with van der Waals surface area (Å²) in [5.74, 6) is -0.367. The van der Waals surface area contributed by atoms with Crippen LogP contribution in [0.4, 0.5) is 4.39 Å². The van der Waals surface area contributed by atoms with Crippen LogP contribution >= 0.6 is 0 Å². The highest BCUT2D eigenvalue weighted by molar-refractivity contribution is 5.58. The Morgan fingerprint density at radius 2 is 1.84 bits per heavy atom. The summed E-state index contributed by atoms with van der Waals surface area (Å²) < 4.78 is 14.5. The SMILES string of the molecule is O=[n+]1cc(-c2ccc(F)cc2)n([O-])c2c1CCCC2. The minimum atomic E-state index is -0.367. The zero-order chi connectivity index (χ0) is 13.4. The van der Waals surface area contributed by atoms with Crippen LogP contribution < -0.4 is 4.43 Å². The molecular formula is C14H13FN2O2. The van der Waals surface area contributed by atoms with Crippen molar-refractivity contribution in [3.05, 3.63) is 57.8 Å². The Bertz CT molecular complexity index is 677. The number of nitrogens with zero attached hydrogens (tertiary/aromatic N) is 2. The van der Waals surface area contributed by atoms with Gasteiger partial charge >= 0.3 is 0 Å². The van der Waals surface area contributed by atoms with Crippen molar-refractivity contribution in [1.82, 2.24) is 4.73 Å². The van der Waals surface area contributed by atoms with E-state index in [0.29, 0.717) is 29.8 Å². The van der Waals surface area contributed by atoms with Crippen LogP contribution in [-0.4, -0.2) is 4.73 Å². The maximum Gasteiger partial charge on any atom is 0.258 e. The summed E-state index contributed by atoms with van der Waals surface area (Å²) in [6.45, 7) is 0. The molecule has 0 radical (unpaired) electrons. The third-order valence-electron chi connectivity index (χ3n) is 3.52. The lowest BCUT2D eigenvalue weighted by atomic mass is 10.00. The standard InChI is InChI=1S/C14H13FN2O2/c15-11-7-5-10(6-8-11)14-9-16(18)12-3-1-2-4-13(12)17(14)19/h5-9H,1-4H2. The predicted molar refractivity (Wildman–Crippen MR) is 68.6 cm³/mol. The average Bonchev–Trinajstić information content (AvgIpc) is 2.44. The van der Waals surface area contributed by atoms with Crippen molar-refractivity contribution in [3.63, 3.8) is 0 Å². The van der Waals surface area contributed by atoms with Gasteiger partial charge in [0.1, 0.15) is 11.5 Å². The molecule has 0 N–H and O–H groups in total. The molecule has 0 bridgehead atoms. The fraction of sp³-hybridized carbons (Fsp3) is 0.286. The van der Waals surface area contributed by atoms with Crippen molar-refractivity contribution in [1.29, 1.82) is 0 Å². The summed E-state index contributed by atoms with van der Waals surface area (Å²) in [5, 5.41) is 12.3. The molecule has 1 aromatic carbocycles. The Kier molecular flexibility index (Phi) is 2.81. The van der Waals surface area contributed by atoms with Gasteiger partial charge in [-0.15, -0.1) is 0 Å². The molecule has 0 unspecified atom stereocenters. The number of benzene rings is 1. The lowest BCUT2D eigenvalue weighted by Gasteiger charge is -2.23. The Hall–Kier alpha value is -2.17. The molecule has 0 fully saturated rings. The van der Waals surface area contributed by atoms with E-state index >= 15 is 0 Å². The molecule has 19 heavy (non-hydrogen) atoms. The molecule has 2 aromatic rings. The molecule has 3 rings (SSSR count). The molecule has 98 valence electrons. The maximum absolute atomic E-state index is 12.9. The van der Waals surface area contributed by atoms with Crippen LogP contribution in [-0.2, 0) is 12.8 Å². The van der Waals surface area contributed by atoms with Crippen LogP contribution in [0.15, 0.2) is 30.5 Å². The van der Waals surface area contributed by atoms with Crippen molar-refractivity contribution in [2.24, 2.45) is 0 Å². The molecule has 0 amide bonds. The number of aromatic nitrogens is 2. The molecule has 0 saturated carbocycles. The molecule has 4 nitrogen and oxygen atoms in total. The van der Waals surface area contributed by atoms with Crippen LogP contribution in [0.3, 0.4) is 0 Å². The molecule has 1 heterocycles. The maximum atomic E-state index is 12.9. The average molecular weight is 260 g/mol. The lowest BCUT2D eigenvalue weighted by Crippen LogP contribution is -2.29. The fourth-order valence-electron chi connectivity index (χ4n) is 2.53. The molecule has 5 heteroatoms. The van der Waals surface area contributed by atoms with Crippen molar-refractivity contribution < 1.29 is 8.82 Å². The number of rotatable bonds is 1. The Morgan fingerprint density at radius 1 is 1.16 bits per heavy atom. The van der Waals surface area contributed by atoms with Gasteiger partial charge < -0.3 is 9.94 Å². The summed E-state index contributed by atoms with van der Waals surface area (Å²) >= 11 is 0. The van der Waals surface area contributed by atoms with E-state index in [4.69, 9.17) is 0 Å². The van der Waals surface area contributed by atoms with E-state index in [1.54, 1.807) is 0 Å². The molecule has 1 aliphatic rings. The first-order valence-corrected chi connectivity index (χ1v) is 6.30. The zero-order valence-electron chi connectivity index (χ0n) is 10.3. The lowest BCUT2D eigenvalue weighted by molar-refractivity contribution is -0.506. The highest BCUT2D eigenvalue weighted by atomic mass is 19.1. The van der Waals surface area contributed by atoms with E-state index in [0.717, 1.165) is 22.0 Å². The first-order valence-electron chi connectivity index (χ1n) is 6.30. The molecule has 1 aromatic heterocycles. The normalized spacial score (nSPS) is 14.2. The van der Waals surface area contributed by atoms with Crippen molar-refractivity contribution in [2.45, 2.75) is 25.7 Å². The van der Waals surface area contributed by atoms with Gasteiger partial charge in [0, 0.05) is 16.9 Å². The van der Waals surface area contributed by atoms with Gasteiger partial charge in [0.15, 0.2) is 0 Å². The fourth-order valence-corrected chi connectivity index (χ4v) is 2.53. The number of hydrogen-bond acceptors (Lipinski definition) is 2. The van der Waals surface area contributed by atoms with Gasteiger partial charge in [-0.2, -0.15) is 0 Å². The highest BCUT2D eigenvalue weighted by Gasteiger charge is 2.23. The Labute approximate surface area is 109 Å². The second kappa shape index (κ2) is 4.50. The van der Waals surface area contributed by atoms with E-state index in [-0.39, 0.29) is 11.5 Å². The van der Waals surface area contributed by atoms with Gasteiger partial charge in [-0.05, 0) is 43.5 Å². The summed E-state index contributed by atoms with van der Waals surface area (Å²) in [6, 6.07) is 5.58. The van der Waals surface area contributed by atoms with E-state index in [9.17, 15) is 14.5 Å². The molecule has 0 atom stereocenters. The number of halogens is 1. The van der Waals surface area contributed by atoms with Crippen LogP contribution in [0.1, 0.15) is 24.2 Å². The third kappa shape index (κ3) is 2.01. The van der Waals surface area contributed by atoms with E-state index in [1.807, 2.05) is 0 Å². The zero-order valence-corrected chi connectivity index (χ0v) is 10.3. The van der Waals surface area contributed by atoms with E-state index in [2.05, 4.69) is 0 Å². The van der Waals surface area contributed by atoms with Gasteiger partial charge in [-0.25, -0.2) is 4.39 Å². The second-order valence-corrected chi connectivity index (χ2v) is 4.74. The topological polar surface area (TPSA) is 51.0 Å². The van der Waals surface area contributed by atoms with E-state index in [1.165, 1.54) is 30.5 Å². The minimum absolute atomic E-state index is 0.274. The minimum Gasteiger partial charge on any atom is -0.805 e. The summed E-state index contributed by atoms with van der Waals surface area (Å²) in [7, 11) is 0. The largest absolute Gasteiger partial charge is 0.805 e. The quantitative estimate of drug-likeness (QED) is 0.739. The van der Waals surface area contributed by atoms with Crippen LogP contribution in [0.2, 0.25) is 0 Å². The van der Waals surface area contributed by atoms with Crippen LogP contribution in [0, 0.1) is 15.9 Å². The first kappa shape index (κ1) is 11.9. The highest BCUT2D eigenvalue weighted by Crippen LogP contribution is 2.24. The molecular weight excluding hydrogens is 247 g/mol. The number of fused-ring (bicyclic) bond motifs is 1. The molecule has 0 aliphatic heterocycles. The van der Waals surface area contributed by atoms with Crippen LogP contribution in [0.25, 0.3) is 11.3 Å². The summed E-state index contributed by atoms with van der Waals surface area (Å²) in [5.41, 5.74) is 1.93. The van der Waals surface area contributed by atoms with Gasteiger partial charge in [0.2, 0.25) is 0 Å². The Morgan fingerprint density at radius 3 is 2.58 bits per heavy atom. The smallest absolute Gasteiger partial charge is 0.258 e. The summed E-state index contributed by atoms with van der Waals surface area (Å²) in [4.78, 5) is 12.0. The van der Waals surface area contributed by atoms with Gasteiger partial charge in [-0.1, -0.05) is 0 Å². The van der Waals surface area contributed by atoms with Gasteiger partial charge in [0.05, 0.1) is 10.1 Å². The monoisotopic (exact) mass is 260 g/mol. The number of hydrogen-bond donors (Lipinski definition) is 0. The van der Waals surface area contributed by atoms with Gasteiger partial charge in [0.25, 0.3) is 11.9 Å². The third-order valence-corrected chi connectivity index (χ3v) is 3.52. The van der Waals surface area contributed by atoms with Crippen LogP contribution in [0.5, 0.6) is 0 Å². The van der Waals surface area contributed by atoms with Crippen molar-refractivity contribution >= 4 is 0 Å². The van der Waals surface area contributed by atoms with Crippen molar-refractivity contribution in [3.8, 4) is 11.3 Å². The second-order valence-electron chi connectivity index (χ2n) is 4.74. The Balaban J connectivity index is 2.20. The van der Waals surface area contributed by atoms with Crippen molar-refractivity contribution in [2.75, 3.05) is 0 Å². The molecule has 0 saturated heterocycles. The first-order chi connectivity index (χ1) is 9.16.